The Hall–Kier alpha value is -3.21. The molecule has 5 heteroatoms. The third kappa shape index (κ3) is 2.85. The van der Waals surface area contributed by atoms with Crippen LogP contribution in [-0.4, -0.2) is 19.9 Å². The lowest BCUT2D eigenvalue weighted by Gasteiger charge is -2.19. The van der Waals surface area contributed by atoms with Crippen LogP contribution in [0.15, 0.2) is 61.1 Å². The first kappa shape index (κ1) is 15.3. The van der Waals surface area contributed by atoms with Gasteiger partial charge in [-0.05, 0) is 24.6 Å². The number of fused-ring (bicyclic) bond motifs is 1. The summed E-state index contributed by atoms with van der Waals surface area (Å²) in [6.07, 6.45) is 5.93. The van der Waals surface area contributed by atoms with Crippen molar-refractivity contribution in [3.63, 3.8) is 0 Å². The number of aromatic amines is 1. The lowest BCUT2D eigenvalue weighted by Crippen LogP contribution is -2.11. The van der Waals surface area contributed by atoms with Crippen molar-refractivity contribution >= 4 is 16.6 Å². The molecule has 0 aliphatic rings. The van der Waals surface area contributed by atoms with Crippen molar-refractivity contribution in [2.75, 3.05) is 5.32 Å². The van der Waals surface area contributed by atoms with Gasteiger partial charge in [-0.15, -0.1) is 0 Å². The maximum Gasteiger partial charge on any atom is 0.117 e. The number of para-hydroxylation sites is 1. The van der Waals surface area contributed by atoms with Gasteiger partial charge in [-0.25, -0.2) is 0 Å². The van der Waals surface area contributed by atoms with Crippen LogP contribution in [0.1, 0.15) is 22.7 Å². The number of phenolic OH excluding ortho intramolecular Hbond substituents is 1. The van der Waals surface area contributed by atoms with Crippen molar-refractivity contribution in [1.82, 2.24) is 14.8 Å². The van der Waals surface area contributed by atoms with E-state index in [9.17, 15) is 5.11 Å². The Morgan fingerprint density at radius 2 is 2.04 bits per heavy atom. The molecule has 3 N–H and O–H groups in total. The lowest BCUT2D eigenvalue weighted by atomic mass is 9.99. The summed E-state index contributed by atoms with van der Waals surface area (Å²) in [4.78, 5) is 3.39. The summed E-state index contributed by atoms with van der Waals surface area (Å²) >= 11 is 0. The second-order valence-corrected chi connectivity index (χ2v) is 6.32. The first-order valence-corrected chi connectivity index (χ1v) is 8.22. The molecule has 1 atom stereocenters. The summed E-state index contributed by atoms with van der Waals surface area (Å²) in [6.45, 7) is 2.10. The number of aryl methyl sites for hydroxylation is 2. The highest BCUT2D eigenvalue weighted by Crippen LogP contribution is 2.33. The van der Waals surface area contributed by atoms with Gasteiger partial charge in [-0.1, -0.05) is 24.3 Å². The molecule has 0 bridgehead atoms. The molecule has 0 radical (unpaired) electrons. The Balaban J connectivity index is 1.83. The van der Waals surface area contributed by atoms with E-state index in [2.05, 4.69) is 40.5 Å². The van der Waals surface area contributed by atoms with E-state index in [1.807, 2.05) is 37.8 Å². The normalized spacial score (nSPS) is 12.4. The third-order valence-corrected chi connectivity index (χ3v) is 4.48. The maximum absolute atomic E-state index is 9.78. The number of H-pyrrole nitrogens is 1. The van der Waals surface area contributed by atoms with Crippen molar-refractivity contribution < 1.29 is 5.11 Å². The molecule has 5 nitrogen and oxygen atoms in total. The zero-order valence-electron chi connectivity index (χ0n) is 14.2. The molecule has 25 heavy (non-hydrogen) atoms. The van der Waals surface area contributed by atoms with Crippen LogP contribution in [0.5, 0.6) is 5.75 Å². The monoisotopic (exact) mass is 332 g/mol. The summed E-state index contributed by atoms with van der Waals surface area (Å²) in [7, 11) is 1.91. The molecule has 2 heterocycles. The smallest absolute Gasteiger partial charge is 0.117 e. The number of nitrogens with zero attached hydrogens (tertiary/aromatic N) is 2. The minimum atomic E-state index is -0.0777. The first-order valence-electron chi connectivity index (χ1n) is 8.22. The predicted molar refractivity (Wildman–Crippen MR) is 99.8 cm³/mol. The van der Waals surface area contributed by atoms with Crippen molar-refractivity contribution in [3.05, 3.63) is 77.7 Å². The number of anilines is 1. The summed E-state index contributed by atoms with van der Waals surface area (Å²) in [5.41, 5.74) is 5.43. The van der Waals surface area contributed by atoms with Gasteiger partial charge in [-0.3, -0.25) is 4.68 Å². The van der Waals surface area contributed by atoms with Gasteiger partial charge in [0.1, 0.15) is 5.75 Å². The second-order valence-electron chi connectivity index (χ2n) is 6.32. The minimum Gasteiger partial charge on any atom is -0.508 e. The topological polar surface area (TPSA) is 65.9 Å². The SMILES string of the molecule is Cc1cccc2c(C(Nc3cccc(O)c3)c3cnn(C)c3)c[nH]c12. The average Bonchev–Trinajstić information content (AvgIpc) is 3.20. The van der Waals surface area contributed by atoms with Crippen molar-refractivity contribution in [2.24, 2.45) is 7.05 Å². The molecule has 0 fully saturated rings. The van der Waals surface area contributed by atoms with E-state index in [0.29, 0.717) is 0 Å². The fourth-order valence-electron chi connectivity index (χ4n) is 3.26. The zero-order valence-corrected chi connectivity index (χ0v) is 14.2. The maximum atomic E-state index is 9.78. The highest BCUT2D eigenvalue weighted by Gasteiger charge is 2.20. The van der Waals surface area contributed by atoms with E-state index in [1.54, 1.807) is 16.8 Å². The molecular formula is C20H20N4O. The zero-order chi connectivity index (χ0) is 17.4. The van der Waals surface area contributed by atoms with Crippen LogP contribution in [0.4, 0.5) is 5.69 Å². The number of phenols is 1. The van der Waals surface area contributed by atoms with Gasteiger partial charge >= 0.3 is 0 Å². The Morgan fingerprint density at radius 3 is 2.80 bits per heavy atom. The molecule has 2 aromatic heterocycles. The van der Waals surface area contributed by atoms with Crippen molar-refractivity contribution in [1.29, 1.82) is 0 Å². The van der Waals surface area contributed by atoms with E-state index in [0.717, 1.165) is 22.3 Å². The van der Waals surface area contributed by atoms with Crippen LogP contribution < -0.4 is 5.32 Å². The van der Waals surface area contributed by atoms with Gasteiger partial charge < -0.3 is 15.4 Å². The summed E-state index contributed by atoms with van der Waals surface area (Å²) in [5.74, 6) is 0.240. The molecule has 0 saturated heterocycles. The second kappa shape index (κ2) is 6.02. The number of aromatic hydroxyl groups is 1. The molecule has 4 rings (SSSR count). The quantitative estimate of drug-likeness (QED) is 0.527. The Morgan fingerprint density at radius 1 is 1.20 bits per heavy atom. The van der Waals surface area contributed by atoms with E-state index in [4.69, 9.17) is 0 Å². The van der Waals surface area contributed by atoms with Gasteiger partial charge in [0, 0.05) is 53.2 Å². The lowest BCUT2D eigenvalue weighted by molar-refractivity contribution is 0.475. The van der Waals surface area contributed by atoms with Gasteiger partial charge in [0.25, 0.3) is 0 Å². The van der Waals surface area contributed by atoms with Gasteiger partial charge in [-0.2, -0.15) is 5.10 Å². The average molecular weight is 332 g/mol. The number of benzene rings is 2. The van der Waals surface area contributed by atoms with Crippen molar-refractivity contribution in [3.8, 4) is 5.75 Å². The van der Waals surface area contributed by atoms with Crippen molar-refractivity contribution in [2.45, 2.75) is 13.0 Å². The Labute approximate surface area is 145 Å². The molecule has 4 aromatic rings. The number of nitrogens with one attached hydrogen (secondary N) is 2. The number of aromatic nitrogens is 3. The third-order valence-electron chi connectivity index (χ3n) is 4.48. The molecule has 0 spiro atoms. The molecule has 0 amide bonds. The molecule has 0 saturated carbocycles. The summed E-state index contributed by atoms with van der Waals surface area (Å²) in [6, 6.07) is 13.4. The van der Waals surface area contributed by atoms with Crippen LogP contribution >= 0.6 is 0 Å². The van der Waals surface area contributed by atoms with E-state index in [-0.39, 0.29) is 11.8 Å². The van der Waals surface area contributed by atoms with Gasteiger partial charge in [0.15, 0.2) is 0 Å². The summed E-state index contributed by atoms with van der Waals surface area (Å²) in [5, 5.41) is 18.8. The number of hydrogen-bond donors (Lipinski definition) is 3. The van der Waals surface area contributed by atoms with Crippen LogP contribution in [0, 0.1) is 6.92 Å². The fraction of sp³-hybridized carbons (Fsp3) is 0.150. The van der Waals surface area contributed by atoms with E-state index < -0.39 is 0 Å². The van der Waals surface area contributed by atoms with Crippen LogP contribution in [-0.2, 0) is 7.05 Å². The van der Waals surface area contributed by atoms with Gasteiger partial charge in [0.2, 0.25) is 0 Å². The molecule has 0 aliphatic carbocycles. The predicted octanol–water partition coefficient (Wildman–Crippen LogP) is 4.12. The standard InChI is InChI=1S/C20H20N4O/c1-13-5-3-8-17-18(11-21-19(13)17)20(14-10-22-24(2)12-14)23-15-6-4-7-16(25)9-15/h3-12,20-21,23,25H,1-2H3. The van der Waals surface area contributed by atoms with Crippen LogP contribution in [0.2, 0.25) is 0 Å². The number of hydrogen-bond acceptors (Lipinski definition) is 3. The van der Waals surface area contributed by atoms with Crippen LogP contribution in [0.25, 0.3) is 10.9 Å². The minimum absolute atomic E-state index is 0.0777. The molecule has 0 aliphatic heterocycles. The Bertz CT molecular complexity index is 1030. The van der Waals surface area contributed by atoms with E-state index in [1.165, 1.54) is 10.9 Å². The highest BCUT2D eigenvalue weighted by atomic mass is 16.3. The largest absolute Gasteiger partial charge is 0.508 e. The first-order chi connectivity index (χ1) is 12.1. The molecule has 2 aromatic carbocycles. The highest BCUT2D eigenvalue weighted by molar-refractivity contribution is 5.87. The summed E-state index contributed by atoms with van der Waals surface area (Å²) < 4.78 is 1.80. The number of rotatable bonds is 4. The molecule has 1 unspecified atom stereocenters. The Kier molecular flexibility index (Phi) is 3.69. The van der Waals surface area contributed by atoms with Crippen LogP contribution in [0.3, 0.4) is 0 Å². The molecular weight excluding hydrogens is 312 g/mol. The van der Waals surface area contributed by atoms with E-state index >= 15 is 0 Å². The van der Waals surface area contributed by atoms with Gasteiger partial charge in [0.05, 0.1) is 12.2 Å². The molecule has 126 valence electrons. The fourth-order valence-corrected chi connectivity index (χ4v) is 3.26.